The summed E-state index contributed by atoms with van der Waals surface area (Å²) >= 11 is -2.44. The van der Waals surface area contributed by atoms with Gasteiger partial charge >= 0.3 is 284 Å². The molecule has 0 spiro atoms. The molecule has 7 rings (SSSR count). The minimum Gasteiger partial charge on any atom is -1.00 e. The van der Waals surface area contributed by atoms with Gasteiger partial charge in [0, 0.05) is 0 Å². The Kier molecular flexibility index (Phi) is 10.3. The van der Waals surface area contributed by atoms with Gasteiger partial charge in [0.05, 0.1) is 0 Å². The molecule has 0 aliphatic heterocycles. The largest absolute Gasteiger partial charge is 1.00 e. The molecule has 3 aromatic carbocycles. The maximum Gasteiger partial charge on any atom is -1.00 e. The minimum atomic E-state index is -2.44. The molecule has 0 radical (unpaired) electrons. The van der Waals surface area contributed by atoms with Crippen LogP contribution in [0.1, 0.15) is 145 Å². The van der Waals surface area contributed by atoms with Crippen LogP contribution in [0, 0.1) is 38.0 Å². The third-order valence-electron chi connectivity index (χ3n) is 13.5. The maximum absolute atomic E-state index is 2.83. The van der Waals surface area contributed by atoms with Crippen molar-refractivity contribution in [3.63, 3.8) is 0 Å². The molecular weight excluding hydrogens is 691 g/mol. The van der Waals surface area contributed by atoms with Crippen molar-refractivity contribution in [3.8, 4) is 11.1 Å². The van der Waals surface area contributed by atoms with Crippen LogP contribution >= 0.6 is 0 Å². The number of aryl methyl sites for hydroxylation is 1. The molecule has 250 valence electrons. The van der Waals surface area contributed by atoms with Gasteiger partial charge < -0.3 is 24.8 Å². The van der Waals surface area contributed by atoms with Gasteiger partial charge in [-0.2, -0.15) is 0 Å². The Morgan fingerprint density at radius 2 is 1.45 bits per heavy atom. The van der Waals surface area contributed by atoms with Gasteiger partial charge in [-0.25, -0.2) is 0 Å². The first-order valence-corrected chi connectivity index (χ1v) is 21.8. The van der Waals surface area contributed by atoms with Crippen LogP contribution < -0.4 is 24.8 Å². The Bertz CT molecular complexity index is 1840. The summed E-state index contributed by atoms with van der Waals surface area (Å²) in [6.07, 6.45) is 13.6. The van der Waals surface area contributed by atoms with Gasteiger partial charge in [-0.15, -0.1) is 0 Å². The fourth-order valence-electron chi connectivity index (χ4n) is 10.4. The number of allylic oxidation sites excluding steroid dienone is 4. The van der Waals surface area contributed by atoms with Crippen molar-refractivity contribution in [2.45, 2.75) is 130 Å². The average molecular weight is 747 g/mol. The van der Waals surface area contributed by atoms with E-state index in [0.717, 1.165) is 0 Å². The van der Waals surface area contributed by atoms with Gasteiger partial charge in [-0.05, 0) is 0 Å². The van der Waals surface area contributed by atoms with Crippen LogP contribution in [0.5, 0.6) is 0 Å². The molecule has 1 saturated carbocycles. The van der Waals surface area contributed by atoms with E-state index in [9.17, 15) is 0 Å². The van der Waals surface area contributed by atoms with E-state index in [2.05, 4.69) is 119 Å². The topological polar surface area (TPSA) is 0 Å². The molecule has 0 nitrogen and oxygen atoms in total. The number of fused-ring (bicyclic) bond motifs is 8. The van der Waals surface area contributed by atoms with Gasteiger partial charge in [-0.1, -0.05) is 0 Å². The van der Waals surface area contributed by atoms with Crippen molar-refractivity contribution in [3.05, 3.63) is 90.3 Å². The van der Waals surface area contributed by atoms with Crippen LogP contribution in [0.4, 0.5) is 0 Å². The molecule has 4 aliphatic rings. The number of rotatable bonds is 2. The van der Waals surface area contributed by atoms with E-state index in [0.29, 0.717) is 23.7 Å². The first-order chi connectivity index (χ1) is 21.3. The summed E-state index contributed by atoms with van der Waals surface area (Å²) < 4.78 is 4.17. The van der Waals surface area contributed by atoms with Crippen LogP contribution in [-0.4, -0.2) is 3.21 Å². The van der Waals surface area contributed by atoms with Gasteiger partial charge in [0.15, 0.2) is 0 Å². The zero-order valence-corrected chi connectivity index (χ0v) is 34.8. The van der Waals surface area contributed by atoms with Crippen molar-refractivity contribution in [1.82, 2.24) is 0 Å². The normalized spacial score (nSPS) is 26.3. The summed E-state index contributed by atoms with van der Waals surface area (Å²) in [7, 11) is 0. The van der Waals surface area contributed by atoms with E-state index in [4.69, 9.17) is 0 Å². The van der Waals surface area contributed by atoms with Crippen LogP contribution in [0.15, 0.2) is 51.3 Å². The minimum absolute atomic E-state index is 0. The Hall–Kier alpha value is -1.27. The fourth-order valence-corrected chi connectivity index (χ4v) is 21.6. The van der Waals surface area contributed by atoms with Crippen LogP contribution in [0.3, 0.4) is 0 Å². The summed E-state index contributed by atoms with van der Waals surface area (Å²) in [6, 6.07) is 12.1. The molecule has 0 heterocycles. The quantitative estimate of drug-likeness (QED) is 0.280. The predicted octanol–water partition coefficient (Wildman–Crippen LogP) is 6.52. The van der Waals surface area contributed by atoms with Gasteiger partial charge in [0.2, 0.25) is 0 Å². The molecule has 5 unspecified atom stereocenters. The summed E-state index contributed by atoms with van der Waals surface area (Å²) in [6.45, 7) is 27.6. The first kappa shape index (κ1) is 37.0. The second-order valence-electron chi connectivity index (χ2n) is 16.7. The maximum atomic E-state index is 2.83. The van der Waals surface area contributed by atoms with Crippen molar-refractivity contribution in [2.75, 3.05) is 0 Å². The molecule has 0 aromatic heterocycles. The molecule has 0 N–H and O–H groups in total. The molecule has 4 aliphatic carbocycles. The number of hydrogen-bond acceptors (Lipinski definition) is 0. The van der Waals surface area contributed by atoms with Gasteiger partial charge in [-0.3, -0.25) is 0 Å². The Balaban J connectivity index is 0.00000217. The van der Waals surface area contributed by atoms with E-state index in [1.165, 1.54) is 66.2 Å². The number of benzene rings is 3. The standard InChI is InChI=1S/C29H33.C9H13.C6H10.2ClH.Zr/c1-14-13-24-25(18(5)15(14)2)21(8)28-27-20(7)17(4)16(3)19(6)26(27)22-11-9-10-12-23(22)29(24)28;1-9(2,3)8-6-4-5-7-8;1-2-4-6-5-3-1;;;/h9-13,16-17,19,21H,1-8H3;6-7H,4H2,1-3H3;1-5H2;2*1H;/q;;;;;+2/p-2. The number of halogens is 2. The van der Waals surface area contributed by atoms with Crippen LogP contribution in [0.25, 0.3) is 21.9 Å². The van der Waals surface area contributed by atoms with E-state index in [1.54, 1.807) is 33.2 Å². The molecule has 1 fully saturated rings. The fraction of sp³-hybridized carbons (Fsp3) is 0.523. The summed E-state index contributed by atoms with van der Waals surface area (Å²) in [4.78, 5) is 0. The van der Waals surface area contributed by atoms with Gasteiger partial charge in [0.25, 0.3) is 0 Å². The Morgan fingerprint density at radius 1 is 0.809 bits per heavy atom. The summed E-state index contributed by atoms with van der Waals surface area (Å²) in [5.41, 5.74) is 16.3. The van der Waals surface area contributed by atoms with Crippen molar-refractivity contribution in [1.29, 1.82) is 0 Å². The Labute approximate surface area is 306 Å². The Morgan fingerprint density at radius 3 is 2.06 bits per heavy atom. The zero-order chi connectivity index (χ0) is 32.2. The van der Waals surface area contributed by atoms with E-state index in [1.807, 2.05) is 12.1 Å². The van der Waals surface area contributed by atoms with E-state index >= 15 is 0 Å². The molecule has 0 amide bonds. The van der Waals surface area contributed by atoms with E-state index < -0.39 is 21.3 Å². The first-order valence-electron chi connectivity index (χ1n) is 18.1. The number of hydrogen-bond donors (Lipinski definition) is 0. The monoisotopic (exact) mass is 744 g/mol. The van der Waals surface area contributed by atoms with Crippen LogP contribution in [0.2, 0.25) is 0 Å². The van der Waals surface area contributed by atoms with Crippen molar-refractivity contribution < 1.29 is 46.1 Å². The van der Waals surface area contributed by atoms with Gasteiger partial charge in [0.1, 0.15) is 0 Å². The van der Waals surface area contributed by atoms with Crippen LogP contribution in [-0.2, 0) is 24.4 Å². The van der Waals surface area contributed by atoms with E-state index in [-0.39, 0.29) is 33.4 Å². The molecular formula is C44H56Cl2Zr. The summed E-state index contributed by atoms with van der Waals surface area (Å²) in [5.74, 6) is 2.31. The molecule has 47 heavy (non-hydrogen) atoms. The summed E-state index contributed by atoms with van der Waals surface area (Å²) in [5, 5.41) is 3.05. The third kappa shape index (κ3) is 5.42. The average Bonchev–Trinajstić information content (AvgIpc) is 3.61. The zero-order valence-electron chi connectivity index (χ0n) is 30.8. The van der Waals surface area contributed by atoms with Crippen molar-refractivity contribution in [2.24, 2.45) is 17.3 Å². The molecule has 3 aromatic rings. The SMILES string of the molecule is Cc1cc2c(c(C)c1C)C(C)c1c3c(c4ccccc4c1-2)C(C)C(C)C(C)[C]3(C)[Zr+2]([C]1=CC(C(C)(C)C)=CC1)=[C]1CCCCC1.[Cl-].[Cl-]. The third-order valence-corrected chi connectivity index (χ3v) is 23.2. The second-order valence-corrected chi connectivity index (χ2v) is 24.4. The molecule has 3 heteroatoms. The second kappa shape index (κ2) is 13.1. The molecule has 5 atom stereocenters. The van der Waals surface area contributed by atoms with Crippen molar-refractivity contribution >= 4 is 14.0 Å². The smallest absolute Gasteiger partial charge is 1.00 e. The predicted molar refractivity (Wildman–Crippen MR) is 194 cm³/mol. The molecule has 0 bridgehead atoms. The molecule has 0 saturated heterocycles.